The van der Waals surface area contributed by atoms with Gasteiger partial charge in [0.05, 0.1) is 18.2 Å². The van der Waals surface area contributed by atoms with Gasteiger partial charge in [0.15, 0.2) is 0 Å². The molecule has 2 bridgehead atoms. The van der Waals surface area contributed by atoms with Gasteiger partial charge in [0.1, 0.15) is 5.82 Å². The molecule has 0 radical (unpaired) electrons. The van der Waals surface area contributed by atoms with Crippen molar-refractivity contribution in [3.05, 3.63) is 23.4 Å². The van der Waals surface area contributed by atoms with Crippen LogP contribution in [-0.2, 0) is 4.79 Å². The van der Waals surface area contributed by atoms with E-state index in [9.17, 15) is 9.90 Å². The average Bonchev–Trinajstić information content (AvgIpc) is 3.04. The summed E-state index contributed by atoms with van der Waals surface area (Å²) in [4.78, 5) is 18.6. The second-order valence-corrected chi connectivity index (χ2v) is 6.84. The molecule has 2 N–H and O–H groups in total. The van der Waals surface area contributed by atoms with Crippen LogP contribution in [0.2, 0.25) is 5.02 Å². The summed E-state index contributed by atoms with van der Waals surface area (Å²) in [6.07, 6.45) is 5.67. The van der Waals surface area contributed by atoms with Gasteiger partial charge in [0, 0.05) is 23.7 Å². The first-order valence-electron chi connectivity index (χ1n) is 7.86. The Kier molecular flexibility index (Phi) is 4.39. The number of anilines is 1. The predicted octanol–water partition coefficient (Wildman–Crippen LogP) is 2.30. The van der Waals surface area contributed by atoms with Crippen LogP contribution in [0.1, 0.15) is 32.6 Å². The zero-order valence-corrected chi connectivity index (χ0v) is 13.5. The van der Waals surface area contributed by atoms with Crippen LogP contribution in [0, 0.1) is 5.41 Å². The molecule has 1 amide bonds. The molecule has 0 saturated carbocycles. The number of aromatic nitrogens is 1. The van der Waals surface area contributed by atoms with E-state index < -0.39 is 0 Å². The number of amides is 1. The number of halogens is 1. The molecule has 6 heteroatoms. The maximum Gasteiger partial charge on any atom is 0.239 e. The van der Waals surface area contributed by atoms with Crippen LogP contribution < -0.4 is 5.32 Å². The molecule has 120 valence electrons. The second-order valence-electron chi connectivity index (χ2n) is 6.41. The van der Waals surface area contributed by atoms with Crippen molar-refractivity contribution >= 4 is 23.3 Å². The van der Waals surface area contributed by atoms with Gasteiger partial charge in [-0.2, -0.15) is 0 Å². The van der Waals surface area contributed by atoms with Crippen LogP contribution >= 0.6 is 11.6 Å². The number of carbonyl (C=O) groups is 1. The predicted molar refractivity (Wildman–Crippen MR) is 85.8 cm³/mol. The van der Waals surface area contributed by atoms with E-state index in [1.54, 1.807) is 12.1 Å². The molecule has 3 rings (SSSR count). The Morgan fingerprint density at radius 2 is 2.36 bits per heavy atom. The van der Waals surface area contributed by atoms with E-state index in [-0.39, 0.29) is 17.9 Å². The lowest BCUT2D eigenvalue weighted by Gasteiger charge is -2.35. The summed E-state index contributed by atoms with van der Waals surface area (Å²) in [5, 5.41) is 13.2. The molecule has 22 heavy (non-hydrogen) atoms. The Bertz CT molecular complexity index is 545. The molecule has 5 nitrogen and oxygen atoms in total. The number of pyridine rings is 1. The fraction of sp³-hybridized carbons (Fsp3) is 0.625. The van der Waals surface area contributed by atoms with Crippen molar-refractivity contribution in [2.45, 2.75) is 44.7 Å². The smallest absolute Gasteiger partial charge is 0.239 e. The lowest BCUT2D eigenvalue weighted by Crippen LogP contribution is -2.42. The third kappa shape index (κ3) is 2.73. The topological polar surface area (TPSA) is 65.5 Å². The van der Waals surface area contributed by atoms with Gasteiger partial charge in [-0.05, 0) is 37.8 Å². The van der Waals surface area contributed by atoms with Gasteiger partial charge in [-0.25, -0.2) is 4.98 Å². The summed E-state index contributed by atoms with van der Waals surface area (Å²) < 4.78 is 0. The third-order valence-corrected chi connectivity index (χ3v) is 5.56. The molecular weight excluding hydrogens is 302 g/mol. The number of carbonyl (C=O) groups excluding carboxylic acids is 1. The molecule has 0 unspecified atom stereocenters. The van der Waals surface area contributed by atoms with Crippen molar-refractivity contribution in [3.63, 3.8) is 0 Å². The van der Waals surface area contributed by atoms with E-state index >= 15 is 0 Å². The number of aliphatic hydroxyl groups excluding tert-OH is 1. The highest BCUT2D eigenvalue weighted by molar-refractivity contribution is 6.30. The number of fused-ring (bicyclic) bond motifs is 2. The van der Waals surface area contributed by atoms with E-state index in [0.29, 0.717) is 29.5 Å². The first-order valence-corrected chi connectivity index (χ1v) is 8.24. The van der Waals surface area contributed by atoms with Crippen LogP contribution in [-0.4, -0.2) is 46.1 Å². The van der Waals surface area contributed by atoms with E-state index in [0.717, 1.165) is 25.7 Å². The zero-order chi connectivity index (χ0) is 15.7. The molecule has 1 aromatic rings. The molecule has 2 aliphatic rings. The normalized spacial score (nSPS) is 30.7. The minimum Gasteiger partial charge on any atom is -0.396 e. The van der Waals surface area contributed by atoms with Crippen LogP contribution in [0.5, 0.6) is 0 Å². The van der Waals surface area contributed by atoms with Crippen LogP contribution in [0.15, 0.2) is 18.3 Å². The summed E-state index contributed by atoms with van der Waals surface area (Å²) in [6.45, 7) is 2.70. The van der Waals surface area contributed by atoms with Crippen molar-refractivity contribution in [2.24, 2.45) is 5.41 Å². The molecule has 2 aliphatic heterocycles. The van der Waals surface area contributed by atoms with Crippen molar-refractivity contribution in [1.82, 2.24) is 9.88 Å². The third-order valence-electron chi connectivity index (χ3n) is 5.33. The first-order chi connectivity index (χ1) is 10.6. The number of rotatable bonds is 5. The van der Waals surface area contributed by atoms with Gasteiger partial charge < -0.3 is 10.4 Å². The molecule has 2 fully saturated rings. The Morgan fingerprint density at radius 3 is 2.95 bits per heavy atom. The summed E-state index contributed by atoms with van der Waals surface area (Å²) in [5.41, 5.74) is -0.0261. The number of nitrogens with zero attached hydrogens (tertiary/aromatic N) is 2. The maximum atomic E-state index is 12.3. The van der Waals surface area contributed by atoms with Gasteiger partial charge in [-0.15, -0.1) is 0 Å². The summed E-state index contributed by atoms with van der Waals surface area (Å²) in [7, 11) is 0. The van der Waals surface area contributed by atoms with Crippen molar-refractivity contribution in [3.8, 4) is 0 Å². The van der Waals surface area contributed by atoms with Crippen LogP contribution in [0.3, 0.4) is 0 Å². The number of hydrogen-bond donors (Lipinski definition) is 2. The average molecular weight is 324 g/mol. The molecule has 0 aliphatic carbocycles. The van der Waals surface area contributed by atoms with Gasteiger partial charge >= 0.3 is 0 Å². The number of nitrogens with one attached hydrogen (secondary N) is 1. The molecule has 0 aromatic carbocycles. The van der Waals surface area contributed by atoms with E-state index in [1.807, 2.05) is 0 Å². The highest BCUT2D eigenvalue weighted by atomic mass is 35.5. The standard InChI is InChI=1S/C16H22ClN3O2/c1-2-16(10-21)7-12-4-5-13(16)20(12)9-15(22)19-14-6-3-11(17)8-18-14/h3,6,8,12-13,21H,2,4-5,7,9-10H2,1H3,(H,18,19,22)/t12-,13+,16-/m1/s1. The first kappa shape index (κ1) is 15.7. The van der Waals surface area contributed by atoms with Crippen LogP contribution in [0.4, 0.5) is 5.82 Å². The lowest BCUT2D eigenvalue weighted by molar-refractivity contribution is -0.117. The van der Waals surface area contributed by atoms with E-state index in [2.05, 4.69) is 22.1 Å². The Morgan fingerprint density at radius 1 is 1.55 bits per heavy atom. The Labute approximate surface area is 135 Å². The molecule has 2 saturated heterocycles. The van der Waals surface area contributed by atoms with Gasteiger partial charge in [0.2, 0.25) is 5.91 Å². The number of aliphatic hydroxyl groups is 1. The minimum absolute atomic E-state index is 0.0261. The molecule has 3 heterocycles. The molecule has 0 spiro atoms. The van der Waals surface area contributed by atoms with E-state index in [1.165, 1.54) is 6.20 Å². The maximum absolute atomic E-state index is 12.3. The van der Waals surface area contributed by atoms with Crippen molar-refractivity contribution < 1.29 is 9.90 Å². The Hall–Kier alpha value is -1.17. The molecule has 3 atom stereocenters. The highest BCUT2D eigenvalue weighted by Crippen LogP contribution is 2.51. The van der Waals surface area contributed by atoms with Crippen molar-refractivity contribution in [1.29, 1.82) is 0 Å². The monoisotopic (exact) mass is 323 g/mol. The summed E-state index contributed by atoms with van der Waals surface area (Å²) >= 11 is 5.79. The largest absolute Gasteiger partial charge is 0.396 e. The van der Waals surface area contributed by atoms with E-state index in [4.69, 9.17) is 11.6 Å². The van der Waals surface area contributed by atoms with Crippen molar-refractivity contribution in [2.75, 3.05) is 18.5 Å². The fourth-order valence-electron chi connectivity index (χ4n) is 4.12. The highest BCUT2D eigenvalue weighted by Gasteiger charge is 2.54. The molecular formula is C16H22ClN3O2. The molecule has 1 aromatic heterocycles. The Balaban J connectivity index is 1.64. The zero-order valence-electron chi connectivity index (χ0n) is 12.8. The lowest BCUT2D eigenvalue weighted by atomic mass is 9.72. The van der Waals surface area contributed by atoms with Gasteiger partial charge in [-0.1, -0.05) is 18.5 Å². The summed E-state index contributed by atoms with van der Waals surface area (Å²) in [6, 6.07) is 4.14. The SMILES string of the molecule is CC[C@]1(CO)C[C@H]2CC[C@@H]1N2CC(=O)Nc1ccc(Cl)cn1. The second kappa shape index (κ2) is 6.14. The number of hydrogen-bond acceptors (Lipinski definition) is 4. The fourth-order valence-corrected chi connectivity index (χ4v) is 4.23. The van der Waals surface area contributed by atoms with Gasteiger partial charge in [-0.3, -0.25) is 9.69 Å². The minimum atomic E-state index is -0.0587. The van der Waals surface area contributed by atoms with Gasteiger partial charge in [0.25, 0.3) is 0 Å². The summed E-state index contributed by atoms with van der Waals surface area (Å²) in [5.74, 6) is 0.460. The quantitative estimate of drug-likeness (QED) is 0.872. The van der Waals surface area contributed by atoms with Crippen LogP contribution in [0.25, 0.3) is 0 Å².